The van der Waals surface area contributed by atoms with Gasteiger partial charge < -0.3 is 5.73 Å². The van der Waals surface area contributed by atoms with E-state index in [-0.39, 0.29) is 17.3 Å². The van der Waals surface area contributed by atoms with Gasteiger partial charge in [0.25, 0.3) is 0 Å². The highest BCUT2D eigenvalue weighted by Crippen LogP contribution is 2.19. The molecule has 7 heteroatoms. The van der Waals surface area contributed by atoms with Gasteiger partial charge in [0.1, 0.15) is 0 Å². The Bertz CT molecular complexity index is 478. The Hall–Kier alpha value is -0.330. The number of sulfonamides is 1. The molecule has 1 aromatic rings. The highest BCUT2D eigenvalue weighted by molar-refractivity contribution is 7.89. The molecule has 4 nitrogen and oxygen atoms in total. The maximum Gasteiger partial charge on any atom is 0.240 e. The lowest BCUT2D eigenvalue weighted by Crippen LogP contribution is -2.25. The van der Waals surface area contributed by atoms with Crippen LogP contribution < -0.4 is 10.5 Å². The van der Waals surface area contributed by atoms with Gasteiger partial charge in [0.2, 0.25) is 10.0 Å². The Labute approximate surface area is 119 Å². The molecule has 0 unspecified atom stereocenters. The van der Waals surface area contributed by atoms with Gasteiger partial charge in [-0.15, -0.1) is 12.4 Å². The van der Waals surface area contributed by atoms with Crippen molar-refractivity contribution in [3.05, 3.63) is 28.8 Å². The van der Waals surface area contributed by atoms with Gasteiger partial charge in [-0.2, -0.15) is 0 Å². The van der Waals surface area contributed by atoms with Crippen molar-refractivity contribution < 1.29 is 8.42 Å². The number of nitrogens with two attached hydrogens (primary N) is 1. The van der Waals surface area contributed by atoms with Gasteiger partial charge in [0.15, 0.2) is 0 Å². The zero-order chi connectivity index (χ0) is 12.9. The number of rotatable bonds is 6. The molecule has 0 fully saturated rings. The van der Waals surface area contributed by atoms with Crippen LogP contribution in [0.2, 0.25) is 5.02 Å². The van der Waals surface area contributed by atoms with E-state index in [1.807, 2.05) is 0 Å². The van der Waals surface area contributed by atoms with E-state index in [4.69, 9.17) is 17.3 Å². The number of halogens is 2. The third-order valence-electron chi connectivity index (χ3n) is 2.36. The van der Waals surface area contributed by atoms with Crippen LogP contribution in [-0.2, 0) is 10.0 Å². The summed E-state index contributed by atoms with van der Waals surface area (Å²) in [6, 6.07) is 4.82. The van der Waals surface area contributed by atoms with Crippen LogP contribution in [0.1, 0.15) is 18.4 Å². The second-order valence-corrected chi connectivity index (χ2v) is 5.98. The number of aryl methyl sites for hydroxylation is 1. The standard InChI is InChI=1S/C11H17ClN2O2S.ClH/c1-9-4-5-10(12)8-11(9)17(15,16)14-7-3-2-6-13;/h4-5,8,14H,2-3,6-7,13H2,1H3;1H. The van der Waals surface area contributed by atoms with Gasteiger partial charge in [-0.25, -0.2) is 13.1 Å². The number of hydrogen-bond donors (Lipinski definition) is 2. The smallest absolute Gasteiger partial charge is 0.240 e. The molecule has 104 valence electrons. The molecular formula is C11H18Cl2N2O2S. The molecule has 0 amide bonds. The fourth-order valence-electron chi connectivity index (χ4n) is 1.42. The summed E-state index contributed by atoms with van der Waals surface area (Å²) in [6.45, 7) is 2.70. The number of benzene rings is 1. The van der Waals surface area contributed by atoms with Crippen molar-refractivity contribution in [2.45, 2.75) is 24.7 Å². The fraction of sp³-hybridized carbons (Fsp3) is 0.455. The Morgan fingerprint density at radius 1 is 1.33 bits per heavy atom. The summed E-state index contributed by atoms with van der Waals surface area (Å²) in [5.74, 6) is 0. The first-order valence-corrected chi connectivity index (χ1v) is 7.29. The van der Waals surface area contributed by atoms with Crippen LogP contribution in [0.5, 0.6) is 0 Å². The van der Waals surface area contributed by atoms with E-state index < -0.39 is 10.0 Å². The van der Waals surface area contributed by atoms with Crippen LogP contribution in [0, 0.1) is 6.92 Å². The van der Waals surface area contributed by atoms with E-state index >= 15 is 0 Å². The molecule has 0 aliphatic rings. The van der Waals surface area contributed by atoms with Crippen LogP contribution in [0.3, 0.4) is 0 Å². The minimum Gasteiger partial charge on any atom is -0.330 e. The second-order valence-electron chi connectivity index (χ2n) is 3.80. The molecule has 18 heavy (non-hydrogen) atoms. The molecule has 0 bridgehead atoms. The third-order valence-corrected chi connectivity index (χ3v) is 4.20. The second kappa shape index (κ2) is 7.96. The Morgan fingerprint density at radius 2 is 2.00 bits per heavy atom. The van der Waals surface area contributed by atoms with Crippen molar-refractivity contribution in [1.29, 1.82) is 0 Å². The molecule has 0 heterocycles. The Morgan fingerprint density at radius 3 is 2.61 bits per heavy atom. The van der Waals surface area contributed by atoms with Crippen LogP contribution in [0.15, 0.2) is 23.1 Å². The molecule has 3 N–H and O–H groups in total. The molecule has 0 aliphatic carbocycles. The summed E-state index contributed by atoms with van der Waals surface area (Å²) in [7, 11) is -3.47. The van der Waals surface area contributed by atoms with Gasteiger partial charge in [-0.3, -0.25) is 0 Å². The summed E-state index contributed by atoms with van der Waals surface area (Å²) >= 11 is 5.80. The third kappa shape index (κ3) is 5.12. The first-order valence-electron chi connectivity index (χ1n) is 5.43. The summed E-state index contributed by atoms with van der Waals surface area (Å²) < 4.78 is 26.5. The number of unbranched alkanes of at least 4 members (excludes halogenated alkanes) is 1. The summed E-state index contributed by atoms with van der Waals surface area (Å²) in [5.41, 5.74) is 6.02. The Balaban J connectivity index is 0.00000289. The highest BCUT2D eigenvalue weighted by atomic mass is 35.5. The summed E-state index contributed by atoms with van der Waals surface area (Å²) in [4.78, 5) is 0.234. The predicted octanol–water partition coefficient (Wildman–Crippen LogP) is 2.09. The molecule has 0 saturated heterocycles. The minimum absolute atomic E-state index is 0. The van der Waals surface area contributed by atoms with Gasteiger partial charge in [0, 0.05) is 11.6 Å². The molecule has 0 atom stereocenters. The lowest BCUT2D eigenvalue weighted by molar-refractivity contribution is 0.576. The van der Waals surface area contributed by atoms with E-state index in [9.17, 15) is 8.42 Å². The normalized spacial score (nSPS) is 11.1. The summed E-state index contributed by atoms with van der Waals surface area (Å²) in [5, 5.41) is 0.415. The topological polar surface area (TPSA) is 72.2 Å². The SMILES string of the molecule is Cc1ccc(Cl)cc1S(=O)(=O)NCCCCN.Cl. The molecule has 0 radical (unpaired) electrons. The van der Waals surface area contributed by atoms with Gasteiger partial charge in [-0.1, -0.05) is 17.7 Å². The van der Waals surface area contributed by atoms with Crippen molar-refractivity contribution >= 4 is 34.0 Å². The first-order chi connectivity index (χ1) is 7.97. The average molecular weight is 313 g/mol. The van der Waals surface area contributed by atoms with Crippen molar-refractivity contribution in [3.8, 4) is 0 Å². The number of hydrogen-bond acceptors (Lipinski definition) is 3. The quantitative estimate of drug-likeness (QED) is 0.790. The molecule has 0 saturated carbocycles. The van der Waals surface area contributed by atoms with Gasteiger partial charge >= 0.3 is 0 Å². The van der Waals surface area contributed by atoms with E-state index in [1.165, 1.54) is 6.07 Å². The van der Waals surface area contributed by atoms with Crippen LogP contribution in [0.25, 0.3) is 0 Å². The first kappa shape index (κ1) is 17.7. The molecular weight excluding hydrogens is 295 g/mol. The van der Waals surface area contributed by atoms with Crippen molar-refractivity contribution in [1.82, 2.24) is 4.72 Å². The molecule has 0 spiro atoms. The van der Waals surface area contributed by atoms with Gasteiger partial charge in [0.05, 0.1) is 4.90 Å². The van der Waals surface area contributed by atoms with Crippen LogP contribution in [-0.4, -0.2) is 21.5 Å². The highest BCUT2D eigenvalue weighted by Gasteiger charge is 2.16. The van der Waals surface area contributed by atoms with E-state index in [2.05, 4.69) is 4.72 Å². The largest absolute Gasteiger partial charge is 0.330 e. The molecule has 0 aromatic heterocycles. The zero-order valence-corrected chi connectivity index (χ0v) is 12.5. The molecule has 0 aliphatic heterocycles. The van der Waals surface area contributed by atoms with E-state index in [0.29, 0.717) is 23.7 Å². The molecule has 1 rings (SSSR count). The number of nitrogens with one attached hydrogen (secondary N) is 1. The van der Waals surface area contributed by atoms with Crippen LogP contribution >= 0.6 is 24.0 Å². The fourth-order valence-corrected chi connectivity index (χ4v) is 3.00. The lowest BCUT2D eigenvalue weighted by Gasteiger charge is -2.09. The zero-order valence-electron chi connectivity index (χ0n) is 10.1. The maximum atomic E-state index is 12.0. The monoisotopic (exact) mass is 312 g/mol. The average Bonchev–Trinajstić information content (AvgIpc) is 2.28. The van der Waals surface area contributed by atoms with Crippen molar-refractivity contribution in [3.63, 3.8) is 0 Å². The maximum absolute atomic E-state index is 12.0. The van der Waals surface area contributed by atoms with E-state index in [1.54, 1.807) is 19.1 Å². The summed E-state index contributed by atoms with van der Waals surface area (Å²) in [6.07, 6.45) is 1.53. The lowest BCUT2D eigenvalue weighted by atomic mass is 10.2. The van der Waals surface area contributed by atoms with Gasteiger partial charge in [-0.05, 0) is 44.0 Å². The predicted molar refractivity (Wildman–Crippen MR) is 76.9 cm³/mol. The van der Waals surface area contributed by atoms with Crippen molar-refractivity contribution in [2.75, 3.05) is 13.1 Å². The van der Waals surface area contributed by atoms with Crippen LogP contribution in [0.4, 0.5) is 0 Å². The molecule has 1 aromatic carbocycles. The Kier molecular flexibility index (Phi) is 7.82. The minimum atomic E-state index is -3.47. The van der Waals surface area contributed by atoms with E-state index in [0.717, 1.165) is 12.8 Å². The van der Waals surface area contributed by atoms with Crippen molar-refractivity contribution in [2.24, 2.45) is 5.73 Å².